The van der Waals surface area contributed by atoms with Crippen LogP contribution in [0.4, 0.5) is 0 Å². The normalized spacial score (nSPS) is 11.7. The molecule has 6 nitrogen and oxygen atoms in total. The molecular formula is C16H10BrN5O. The standard InChI is InChI=1S/C16H10BrN5O/c17-11-1-2-13-12(7-11)14-15(21-13)16(23)22(9-19-14)20-8-10-3-5-18-6-4-10/h1-9,21H/b20-8+. The maximum atomic E-state index is 12.6. The Bertz CT molecular complexity index is 1100. The molecule has 7 heteroatoms. The minimum atomic E-state index is -0.243. The van der Waals surface area contributed by atoms with Crippen molar-refractivity contribution in [2.24, 2.45) is 5.10 Å². The van der Waals surface area contributed by atoms with Crippen molar-refractivity contribution in [1.82, 2.24) is 19.6 Å². The van der Waals surface area contributed by atoms with Crippen LogP contribution in [0.25, 0.3) is 21.9 Å². The van der Waals surface area contributed by atoms with Crippen molar-refractivity contribution in [3.05, 3.63) is 69.4 Å². The number of halogens is 1. The second kappa shape index (κ2) is 5.44. The van der Waals surface area contributed by atoms with Crippen LogP contribution >= 0.6 is 15.9 Å². The molecule has 3 heterocycles. The Labute approximate surface area is 138 Å². The summed E-state index contributed by atoms with van der Waals surface area (Å²) in [6.07, 6.45) is 6.36. The van der Waals surface area contributed by atoms with E-state index in [-0.39, 0.29) is 5.56 Å². The maximum absolute atomic E-state index is 12.6. The van der Waals surface area contributed by atoms with Crippen LogP contribution in [-0.2, 0) is 0 Å². The number of benzene rings is 1. The first-order valence-electron chi connectivity index (χ1n) is 6.85. The molecule has 3 aromatic heterocycles. The lowest BCUT2D eigenvalue weighted by Crippen LogP contribution is -2.17. The van der Waals surface area contributed by atoms with Crippen molar-refractivity contribution in [2.75, 3.05) is 0 Å². The second-order valence-corrected chi connectivity index (χ2v) is 5.87. The predicted molar refractivity (Wildman–Crippen MR) is 92.8 cm³/mol. The topological polar surface area (TPSA) is 75.9 Å². The lowest BCUT2D eigenvalue weighted by Gasteiger charge is -1.97. The number of H-pyrrole nitrogens is 1. The van der Waals surface area contributed by atoms with E-state index >= 15 is 0 Å². The highest BCUT2D eigenvalue weighted by molar-refractivity contribution is 9.10. The first-order chi connectivity index (χ1) is 11.2. The van der Waals surface area contributed by atoms with Gasteiger partial charge in [-0.05, 0) is 35.9 Å². The summed E-state index contributed by atoms with van der Waals surface area (Å²) in [5.41, 5.74) is 2.55. The van der Waals surface area contributed by atoms with Gasteiger partial charge in [-0.25, -0.2) is 4.98 Å². The summed E-state index contributed by atoms with van der Waals surface area (Å²) < 4.78 is 2.15. The first kappa shape index (κ1) is 13.8. The Morgan fingerprint density at radius 1 is 1.22 bits per heavy atom. The van der Waals surface area contributed by atoms with E-state index in [1.807, 2.05) is 18.2 Å². The number of aromatic amines is 1. The molecule has 0 atom stereocenters. The fraction of sp³-hybridized carbons (Fsp3) is 0. The summed E-state index contributed by atoms with van der Waals surface area (Å²) in [6, 6.07) is 9.37. The molecule has 0 unspecified atom stereocenters. The van der Waals surface area contributed by atoms with E-state index in [0.29, 0.717) is 11.0 Å². The maximum Gasteiger partial charge on any atom is 0.298 e. The molecule has 4 rings (SSSR count). The van der Waals surface area contributed by atoms with Gasteiger partial charge in [0.2, 0.25) is 0 Å². The Morgan fingerprint density at radius 3 is 2.87 bits per heavy atom. The third-order valence-electron chi connectivity index (χ3n) is 3.49. The largest absolute Gasteiger partial charge is 0.349 e. The van der Waals surface area contributed by atoms with Gasteiger partial charge in [0.15, 0.2) is 0 Å². The van der Waals surface area contributed by atoms with Gasteiger partial charge in [0, 0.05) is 27.8 Å². The third-order valence-corrected chi connectivity index (χ3v) is 3.98. The number of fused-ring (bicyclic) bond motifs is 3. The molecule has 0 saturated carbocycles. The molecule has 0 bridgehead atoms. The minimum Gasteiger partial charge on any atom is -0.349 e. The molecule has 0 radical (unpaired) electrons. The smallest absolute Gasteiger partial charge is 0.298 e. The van der Waals surface area contributed by atoms with E-state index in [9.17, 15) is 4.79 Å². The van der Waals surface area contributed by atoms with E-state index < -0.39 is 0 Å². The number of hydrogen-bond donors (Lipinski definition) is 1. The van der Waals surface area contributed by atoms with Crippen LogP contribution in [0.15, 0.2) is 63.4 Å². The summed E-state index contributed by atoms with van der Waals surface area (Å²) in [5, 5.41) is 5.07. The van der Waals surface area contributed by atoms with Crippen molar-refractivity contribution >= 4 is 44.1 Å². The monoisotopic (exact) mass is 367 g/mol. The van der Waals surface area contributed by atoms with Crippen molar-refractivity contribution in [2.45, 2.75) is 0 Å². The van der Waals surface area contributed by atoms with Gasteiger partial charge in [0.1, 0.15) is 17.4 Å². The highest BCUT2D eigenvalue weighted by Gasteiger charge is 2.10. The summed E-state index contributed by atoms with van der Waals surface area (Å²) in [5.74, 6) is 0. The molecule has 0 amide bonds. The van der Waals surface area contributed by atoms with E-state index in [1.165, 1.54) is 11.0 Å². The molecule has 1 aromatic carbocycles. The fourth-order valence-electron chi connectivity index (χ4n) is 2.38. The predicted octanol–water partition coefficient (Wildman–Crippen LogP) is 2.92. The number of hydrogen-bond acceptors (Lipinski definition) is 4. The highest BCUT2D eigenvalue weighted by atomic mass is 79.9. The van der Waals surface area contributed by atoms with Crippen molar-refractivity contribution in [1.29, 1.82) is 0 Å². The molecule has 0 aliphatic rings. The number of aromatic nitrogens is 4. The fourth-order valence-corrected chi connectivity index (χ4v) is 2.74. The lowest BCUT2D eigenvalue weighted by molar-refractivity contribution is 0.815. The SMILES string of the molecule is O=c1c2[nH]c3ccc(Br)cc3c2ncn1/N=C/c1ccncc1. The van der Waals surface area contributed by atoms with Crippen molar-refractivity contribution in [3.63, 3.8) is 0 Å². The molecule has 23 heavy (non-hydrogen) atoms. The summed E-state index contributed by atoms with van der Waals surface area (Å²) in [6.45, 7) is 0. The van der Waals surface area contributed by atoms with Crippen LogP contribution in [0, 0.1) is 0 Å². The molecule has 4 aromatic rings. The Balaban J connectivity index is 1.87. The summed E-state index contributed by atoms with van der Waals surface area (Å²) in [4.78, 5) is 24.0. The summed E-state index contributed by atoms with van der Waals surface area (Å²) >= 11 is 3.43. The van der Waals surface area contributed by atoms with E-state index in [2.05, 4.69) is 36.0 Å². The minimum absolute atomic E-state index is 0.243. The van der Waals surface area contributed by atoms with Gasteiger partial charge in [-0.2, -0.15) is 9.78 Å². The Kier molecular flexibility index (Phi) is 3.27. The molecule has 0 saturated heterocycles. The molecule has 1 N–H and O–H groups in total. The molecule has 0 aliphatic carbocycles. The molecule has 0 fully saturated rings. The van der Waals surface area contributed by atoms with Gasteiger partial charge in [-0.3, -0.25) is 9.78 Å². The molecule has 0 spiro atoms. The van der Waals surface area contributed by atoms with Crippen LogP contribution < -0.4 is 5.56 Å². The van der Waals surface area contributed by atoms with E-state index in [1.54, 1.807) is 30.7 Å². The zero-order chi connectivity index (χ0) is 15.8. The van der Waals surface area contributed by atoms with Crippen molar-refractivity contribution < 1.29 is 0 Å². The molecular weight excluding hydrogens is 358 g/mol. The third kappa shape index (κ3) is 2.44. The molecule has 0 aliphatic heterocycles. The van der Waals surface area contributed by atoms with E-state index in [0.717, 1.165) is 20.9 Å². The van der Waals surface area contributed by atoms with Crippen LogP contribution in [0.3, 0.4) is 0 Å². The van der Waals surface area contributed by atoms with Gasteiger partial charge >= 0.3 is 0 Å². The lowest BCUT2D eigenvalue weighted by atomic mass is 10.2. The Morgan fingerprint density at radius 2 is 2.04 bits per heavy atom. The van der Waals surface area contributed by atoms with E-state index in [4.69, 9.17) is 0 Å². The van der Waals surface area contributed by atoms with Gasteiger partial charge in [-0.15, -0.1) is 0 Å². The second-order valence-electron chi connectivity index (χ2n) is 4.96. The van der Waals surface area contributed by atoms with Gasteiger partial charge in [0.25, 0.3) is 5.56 Å². The summed E-state index contributed by atoms with van der Waals surface area (Å²) in [7, 11) is 0. The zero-order valence-corrected chi connectivity index (χ0v) is 13.4. The highest BCUT2D eigenvalue weighted by Crippen LogP contribution is 2.24. The number of pyridine rings is 1. The average molecular weight is 368 g/mol. The van der Waals surface area contributed by atoms with Crippen LogP contribution in [0.1, 0.15) is 5.56 Å². The molecule has 112 valence electrons. The van der Waals surface area contributed by atoms with Gasteiger partial charge in [0.05, 0.1) is 6.21 Å². The van der Waals surface area contributed by atoms with Crippen molar-refractivity contribution in [3.8, 4) is 0 Å². The van der Waals surface area contributed by atoms with Crippen LogP contribution in [0.5, 0.6) is 0 Å². The van der Waals surface area contributed by atoms with Crippen LogP contribution in [0.2, 0.25) is 0 Å². The Hall–Kier alpha value is -2.80. The number of nitrogens with zero attached hydrogens (tertiary/aromatic N) is 4. The average Bonchev–Trinajstić information content (AvgIpc) is 2.94. The number of rotatable bonds is 2. The quantitative estimate of drug-likeness (QED) is 0.553. The van der Waals surface area contributed by atoms with Gasteiger partial charge < -0.3 is 4.98 Å². The first-order valence-corrected chi connectivity index (χ1v) is 7.65. The van der Waals surface area contributed by atoms with Gasteiger partial charge in [-0.1, -0.05) is 15.9 Å². The van der Waals surface area contributed by atoms with Crippen LogP contribution in [-0.4, -0.2) is 25.8 Å². The number of nitrogens with one attached hydrogen (secondary N) is 1. The zero-order valence-electron chi connectivity index (χ0n) is 11.8.